The smallest absolute Gasteiger partial charge is 0.220 e. The average Bonchev–Trinajstić information content (AvgIpc) is 0.787. The van der Waals surface area contributed by atoms with Gasteiger partial charge in [-0.2, -0.15) is 0 Å². The minimum absolute atomic E-state index is 0.246. The summed E-state index contributed by atoms with van der Waals surface area (Å²) in [6, 6.07) is -0.971. The standard InChI is InChI=1S/C76H137NO18/c1-3-5-7-9-11-13-15-16-17-18-19-20-21-22-23-24-25-26-27-28-29-30-31-32-33-34-35-36-37-38-39-40-41-42-44-46-48-50-52-54-64(82)77-59(60(81)53-51-49-47-45-43-14-12-10-8-6-4-2)58-90-74-70(88)67(85)72(62(56-79)92-74)95-76-71(89)68(86)73(63(57-80)93-76)94-75-69(87)66(84)65(83)61(55-78)91-75/h5,7,11,13,16-17,19-20,51,53,59-63,65-76,78-81,83-89H,3-4,6,8-10,12,14-15,18,21-50,52,54-58H2,1-2H3,(H,77,82)/b7-5-,13-11-,17-16-,20-19-,53-51+. The summed E-state index contributed by atoms with van der Waals surface area (Å²) in [4.78, 5) is 13.4. The van der Waals surface area contributed by atoms with Gasteiger partial charge in [-0.25, -0.2) is 0 Å². The normalized spacial score (nSPS) is 27.5. The summed E-state index contributed by atoms with van der Waals surface area (Å²) >= 11 is 0. The predicted molar refractivity (Wildman–Crippen MR) is 374 cm³/mol. The van der Waals surface area contributed by atoms with Crippen molar-refractivity contribution in [2.75, 3.05) is 26.4 Å². The molecule has 0 aromatic heterocycles. The summed E-state index contributed by atoms with van der Waals surface area (Å²) in [6.07, 6.45) is 45.4. The maximum Gasteiger partial charge on any atom is 0.220 e. The highest BCUT2D eigenvalue weighted by Crippen LogP contribution is 2.33. The van der Waals surface area contributed by atoms with Crippen molar-refractivity contribution in [2.45, 2.75) is 388 Å². The van der Waals surface area contributed by atoms with Gasteiger partial charge in [-0.3, -0.25) is 4.79 Å². The maximum absolute atomic E-state index is 13.4. The number of allylic oxidation sites excluding steroid dienone is 9. The van der Waals surface area contributed by atoms with Gasteiger partial charge in [0.2, 0.25) is 5.91 Å². The van der Waals surface area contributed by atoms with E-state index in [1.165, 1.54) is 186 Å². The number of hydrogen-bond acceptors (Lipinski definition) is 18. The van der Waals surface area contributed by atoms with Crippen molar-refractivity contribution < 1.29 is 89.4 Å². The molecule has 554 valence electrons. The van der Waals surface area contributed by atoms with Crippen LogP contribution in [0.1, 0.15) is 284 Å². The second kappa shape index (κ2) is 57.2. The summed E-state index contributed by atoms with van der Waals surface area (Å²) < 4.78 is 34.3. The molecule has 17 unspecified atom stereocenters. The Morgan fingerprint density at radius 3 is 1.14 bits per heavy atom. The monoisotopic (exact) mass is 1350 g/mol. The van der Waals surface area contributed by atoms with Gasteiger partial charge in [0, 0.05) is 6.42 Å². The molecule has 3 aliphatic heterocycles. The highest BCUT2D eigenvalue weighted by atomic mass is 16.8. The molecule has 3 fully saturated rings. The fourth-order valence-corrected chi connectivity index (χ4v) is 12.7. The van der Waals surface area contributed by atoms with Gasteiger partial charge >= 0.3 is 0 Å². The zero-order chi connectivity index (χ0) is 68.9. The van der Waals surface area contributed by atoms with Crippen molar-refractivity contribution >= 4 is 5.91 Å². The molecule has 3 saturated heterocycles. The second-order valence-electron chi connectivity index (χ2n) is 27.1. The van der Waals surface area contributed by atoms with Crippen LogP contribution < -0.4 is 5.32 Å². The van der Waals surface area contributed by atoms with E-state index in [0.717, 1.165) is 70.6 Å². The van der Waals surface area contributed by atoms with Gasteiger partial charge in [0.1, 0.15) is 73.2 Å². The number of unbranched alkanes of at least 4 members (excludes halogenated alkanes) is 35. The molecule has 0 saturated carbocycles. The molecule has 19 heteroatoms. The number of ether oxygens (including phenoxy) is 6. The van der Waals surface area contributed by atoms with E-state index in [1.807, 2.05) is 6.08 Å². The molecule has 12 N–H and O–H groups in total. The van der Waals surface area contributed by atoms with Crippen LogP contribution in [0.25, 0.3) is 0 Å². The molecule has 3 aliphatic rings. The number of carbonyl (C=O) groups is 1. The van der Waals surface area contributed by atoms with Crippen molar-refractivity contribution in [3.63, 3.8) is 0 Å². The SMILES string of the molecule is CC/C=C\C/C=C\C/C=C\C/C=C\CCCCCCCCCCCCCCCCCCCCCCCCCCCCC(=O)NC(COC1OC(CO)C(OC2OC(CO)C(OC3OC(CO)C(O)C(O)C3O)C(O)C2O)C(O)C1O)C(O)/C=C/CCCCCCCCCCC. The number of amides is 1. The maximum atomic E-state index is 13.4. The Labute approximate surface area is 573 Å². The van der Waals surface area contributed by atoms with Crippen LogP contribution in [-0.2, 0) is 33.2 Å². The third-order valence-electron chi connectivity index (χ3n) is 18.8. The first-order valence-electron chi connectivity index (χ1n) is 38.0. The van der Waals surface area contributed by atoms with Gasteiger partial charge in [-0.05, 0) is 57.8 Å². The Hall–Kier alpha value is -2.51. The van der Waals surface area contributed by atoms with Crippen LogP contribution in [0.15, 0.2) is 60.8 Å². The number of nitrogens with one attached hydrogen (secondary N) is 1. The van der Waals surface area contributed by atoms with Crippen LogP contribution in [0.4, 0.5) is 0 Å². The summed E-state index contributed by atoms with van der Waals surface area (Å²) in [5.41, 5.74) is 0. The van der Waals surface area contributed by atoms with E-state index >= 15 is 0 Å². The first kappa shape index (κ1) is 86.7. The molecule has 1 amide bonds. The van der Waals surface area contributed by atoms with Crippen molar-refractivity contribution in [1.29, 1.82) is 0 Å². The molecule has 3 rings (SSSR count). The Balaban J connectivity index is 1.27. The van der Waals surface area contributed by atoms with Crippen LogP contribution in [-0.4, -0.2) is 193 Å². The molecule has 3 heterocycles. The molecule has 0 radical (unpaired) electrons. The molecular weight excluding hydrogens is 1210 g/mol. The van der Waals surface area contributed by atoms with Crippen LogP contribution in [0, 0.1) is 0 Å². The Kier molecular flexibility index (Phi) is 52.2. The Morgan fingerprint density at radius 1 is 0.389 bits per heavy atom. The lowest BCUT2D eigenvalue weighted by Gasteiger charge is -2.48. The Morgan fingerprint density at radius 2 is 0.726 bits per heavy atom. The van der Waals surface area contributed by atoms with Crippen molar-refractivity contribution in [2.24, 2.45) is 0 Å². The molecule has 0 aromatic rings. The van der Waals surface area contributed by atoms with Crippen LogP contribution in [0.3, 0.4) is 0 Å². The fraction of sp³-hybridized carbons (Fsp3) is 0.855. The van der Waals surface area contributed by atoms with Gasteiger partial charge in [0.25, 0.3) is 0 Å². The highest BCUT2D eigenvalue weighted by molar-refractivity contribution is 5.76. The zero-order valence-electron chi connectivity index (χ0n) is 58.9. The molecule has 17 atom stereocenters. The molecule has 95 heavy (non-hydrogen) atoms. The Bertz CT molecular complexity index is 1950. The van der Waals surface area contributed by atoms with Gasteiger partial charge in [-0.15, -0.1) is 0 Å². The van der Waals surface area contributed by atoms with Crippen molar-refractivity contribution in [3.8, 4) is 0 Å². The van der Waals surface area contributed by atoms with Gasteiger partial charge in [-0.1, -0.05) is 280 Å². The van der Waals surface area contributed by atoms with E-state index < -0.39 is 124 Å². The molecule has 19 nitrogen and oxygen atoms in total. The summed E-state index contributed by atoms with van der Waals surface area (Å²) in [5, 5.41) is 120. The number of rotatable bonds is 59. The number of hydrogen-bond donors (Lipinski definition) is 12. The number of carbonyl (C=O) groups excluding carboxylic acids is 1. The third-order valence-corrected chi connectivity index (χ3v) is 18.8. The molecule has 0 aromatic carbocycles. The van der Waals surface area contributed by atoms with E-state index in [0.29, 0.717) is 6.42 Å². The lowest BCUT2D eigenvalue weighted by molar-refractivity contribution is -0.379. The van der Waals surface area contributed by atoms with Gasteiger partial charge in [0.15, 0.2) is 18.9 Å². The topological polar surface area (TPSA) is 307 Å². The molecule has 0 spiro atoms. The van der Waals surface area contributed by atoms with E-state index in [9.17, 15) is 61.0 Å². The van der Waals surface area contributed by atoms with Crippen LogP contribution in [0.5, 0.6) is 0 Å². The van der Waals surface area contributed by atoms with E-state index in [1.54, 1.807) is 6.08 Å². The minimum atomic E-state index is -1.98. The van der Waals surface area contributed by atoms with Gasteiger partial charge in [0.05, 0.1) is 38.6 Å². The average molecular weight is 1350 g/mol. The number of aliphatic hydroxyl groups is 11. The minimum Gasteiger partial charge on any atom is -0.394 e. The highest BCUT2D eigenvalue weighted by Gasteiger charge is 2.53. The van der Waals surface area contributed by atoms with Crippen molar-refractivity contribution in [1.82, 2.24) is 5.32 Å². The number of aliphatic hydroxyl groups excluding tert-OH is 11. The quantitative estimate of drug-likeness (QED) is 0.0199. The van der Waals surface area contributed by atoms with E-state index in [-0.39, 0.29) is 18.9 Å². The molecular formula is C76H137NO18. The first-order valence-corrected chi connectivity index (χ1v) is 38.0. The van der Waals surface area contributed by atoms with Crippen molar-refractivity contribution in [3.05, 3.63) is 60.8 Å². The first-order chi connectivity index (χ1) is 46.3. The van der Waals surface area contributed by atoms with E-state index in [2.05, 4.69) is 67.8 Å². The summed E-state index contributed by atoms with van der Waals surface area (Å²) in [6.45, 7) is 1.61. The van der Waals surface area contributed by atoms with Crippen LogP contribution >= 0.6 is 0 Å². The molecule has 0 bridgehead atoms. The van der Waals surface area contributed by atoms with Gasteiger partial charge < -0.3 is 89.9 Å². The predicted octanol–water partition coefficient (Wildman–Crippen LogP) is 11.5. The van der Waals surface area contributed by atoms with E-state index in [4.69, 9.17) is 28.4 Å². The lowest BCUT2D eigenvalue weighted by atomic mass is 9.96. The lowest BCUT2D eigenvalue weighted by Crippen LogP contribution is -2.66. The second-order valence-corrected chi connectivity index (χ2v) is 27.1. The molecule has 0 aliphatic carbocycles. The fourth-order valence-electron chi connectivity index (χ4n) is 12.7. The summed E-state index contributed by atoms with van der Waals surface area (Å²) in [5.74, 6) is -0.273. The zero-order valence-corrected chi connectivity index (χ0v) is 58.9. The summed E-state index contributed by atoms with van der Waals surface area (Å²) in [7, 11) is 0. The largest absolute Gasteiger partial charge is 0.394 e. The third kappa shape index (κ3) is 38.2. The van der Waals surface area contributed by atoms with Crippen LogP contribution in [0.2, 0.25) is 0 Å².